The van der Waals surface area contributed by atoms with Crippen molar-refractivity contribution in [3.8, 4) is 0 Å². The van der Waals surface area contributed by atoms with E-state index in [-0.39, 0.29) is 11.8 Å². The maximum Gasteiger partial charge on any atom is 0.241 e. The molecule has 0 spiro atoms. The Hall–Kier alpha value is -0.530. The number of carbonyl (C=O) groups is 1. The second-order valence-corrected chi connectivity index (χ2v) is 7.65. The van der Waals surface area contributed by atoms with E-state index in [1.54, 1.807) is 0 Å². The molecule has 0 unspecified atom stereocenters. The third kappa shape index (κ3) is 12.5. The summed E-state index contributed by atoms with van der Waals surface area (Å²) in [5.74, 6) is -0.285. The molecule has 0 saturated heterocycles. The Kier molecular flexibility index (Phi) is 13.4. The van der Waals surface area contributed by atoms with Gasteiger partial charge in [0.1, 0.15) is 0 Å². The highest BCUT2D eigenvalue weighted by atomic mass is 16.1. The van der Waals surface area contributed by atoms with Gasteiger partial charge in [-0.1, -0.05) is 109 Å². The van der Waals surface area contributed by atoms with Gasteiger partial charge in [-0.3, -0.25) is 10.5 Å². The summed E-state index contributed by atoms with van der Waals surface area (Å²) in [5, 5.41) is 0. The molecular formula is C21H40NO. The normalized spacial score (nSPS) is 23.1. The Morgan fingerprint density at radius 1 is 0.478 bits per heavy atom. The van der Waals surface area contributed by atoms with Gasteiger partial charge in [-0.2, -0.15) is 0 Å². The molecule has 1 amide bonds. The third-order valence-electron chi connectivity index (χ3n) is 5.48. The fourth-order valence-corrected chi connectivity index (χ4v) is 3.84. The van der Waals surface area contributed by atoms with Crippen molar-refractivity contribution in [1.29, 1.82) is 0 Å². The van der Waals surface area contributed by atoms with E-state index < -0.39 is 0 Å². The van der Waals surface area contributed by atoms with Crippen molar-refractivity contribution in [1.82, 2.24) is 5.73 Å². The fraction of sp³-hybridized carbons (Fsp3) is 0.952. The van der Waals surface area contributed by atoms with Crippen LogP contribution in [0.2, 0.25) is 0 Å². The molecule has 135 valence electrons. The largest absolute Gasteiger partial charge is 0.273 e. The zero-order valence-electron chi connectivity index (χ0n) is 15.4. The molecule has 1 rings (SSSR count). The van der Waals surface area contributed by atoms with Crippen LogP contribution in [0.15, 0.2) is 0 Å². The van der Waals surface area contributed by atoms with Gasteiger partial charge in [0.05, 0.1) is 0 Å². The molecule has 1 fully saturated rings. The highest BCUT2D eigenvalue weighted by molar-refractivity contribution is 5.75. The van der Waals surface area contributed by atoms with Crippen LogP contribution in [0, 0.1) is 5.92 Å². The number of rotatable bonds is 1. The molecular weight excluding hydrogens is 282 g/mol. The van der Waals surface area contributed by atoms with E-state index in [9.17, 15) is 4.79 Å². The van der Waals surface area contributed by atoms with Gasteiger partial charge < -0.3 is 0 Å². The Labute approximate surface area is 145 Å². The van der Waals surface area contributed by atoms with Crippen LogP contribution in [-0.4, -0.2) is 5.91 Å². The maximum atomic E-state index is 11.5. The Balaban J connectivity index is 2.22. The predicted molar refractivity (Wildman–Crippen MR) is 99.3 cm³/mol. The maximum absolute atomic E-state index is 11.5. The minimum Gasteiger partial charge on any atom is -0.273 e. The van der Waals surface area contributed by atoms with E-state index >= 15 is 0 Å². The summed E-state index contributed by atoms with van der Waals surface area (Å²) in [4.78, 5) is 11.5. The first-order valence-corrected chi connectivity index (χ1v) is 10.6. The van der Waals surface area contributed by atoms with Gasteiger partial charge in [-0.05, 0) is 12.8 Å². The standard InChI is InChI=1S/C21H40NO/c22-21(23)20-18-16-14-12-10-8-6-4-2-1-3-5-7-9-11-13-15-17-19-20/h20,22H,1-19H2. The van der Waals surface area contributed by atoms with Crippen LogP contribution in [0.25, 0.3) is 0 Å². The number of hydrogen-bond acceptors (Lipinski definition) is 1. The molecule has 1 aliphatic rings. The minimum atomic E-state index is -0.313. The first kappa shape index (κ1) is 20.5. The van der Waals surface area contributed by atoms with Crippen LogP contribution in [0.3, 0.4) is 0 Å². The van der Waals surface area contributed by atoms with E-state index in [1.807, 2.05) is 0 Å². The first-order chi connectivity index (χ1) is 11.3. The van der Waals surface area contributed by atoms with Gasteiger partial charge in [0.25, 0.3) is 0 Å². The molecule has 0 aliphatic heterocycles. The van der Waals surface area contributed by atoms with Gasteiger partial charge in [-0.25, -0.2) is 0 Å². The number of amides is 1. The van der Waals surface area contributed by atoms with E-state index in [0.29, 0.717) is 0 Å². The van der Waals surface area contributed by atoms with Crippen LogP contribution in [0.4, 0.5) is 0 Å². The lowest BCUT2D eigenvalue weighted by Gasteiger charge is -2.12. The Morgan fingerprint density at radius 3 is 0.913 bits per heavy atom. The SMILES string of the molecule is [NH]C(=O)C1CCCCCCCCCCCCCCCCCCC1. The van der Waals surface area contributed by atoms with Crippen LogP contribution >= 0.6 is 0 Å². The summed E-state index contributed by atoms with van der Waals surface area (Å²) in [6.07, 6.45) is 24.9. The summed E-state index contributed by atoms with van der Waals surface area (Å²) in [6.45, 7) is 0. The molecule has 23 heavy (non-hydrogen) atoms. The summed E-state index contributed by atoms with van der Waals surface area (Å²) in [5.41, 5.74) is 7.47. The average Bonchev–Trinajstić information content (AvgIpc) is 2.53. The lowest BCUT2D eigenvalue weighted by molar-refractivity contribution is -0.122. The van der Waals surface area contributed by atoms with Crippen LogP contribution < -0.4 is 5.73 Å². The first-order valence-electron chi connectivity index (χ1n) is 10.6. The summed E-state index contributed by atoms with van der Waals surface area (Å²) < 4.78 is 0. The smallest absolute Gasteiger partial charge is 0.241 e. The second-order valence-electron chi connectivity index (χ2n) is 7.65. The predicted octanol–water partition coefficient (Wildman–Crippen LogP) is 6.84. The highest BCUT2D eigenvalue weighted by Crippen LogP contribution is 2.20. The molecule has 2 nitrogen and oxygen atoms in total. The Bertz CT molecular complexity index is 257. The van der Waals surface area contributed by atoms with Gasteiger partial charge in [0, 0.05) is 5.92 Å². The van der Waals surface area contributed by atoms with E-state index in [1.165, 1.54) is 96.3 Å². The molecule has 0 heterocycles. The van der Waals surface area contributed by atoms with Crippen molar-refractivity contribution >= 4 is 5.91 Å². The summed E-state index contributed by atoms with van der Waals surface area (Å²) >= 11 is 0. The van der Waals surface area contributed by atoms with Gasteiger partial charge in [0.15, 0.2) is 0 Å². The topological polar surface area (TPSA) is 40.9 Å². The van der Waals surface area contributed by atoms with Crippen molar-refractivity contribution in [3.05, 3.63) is 0 Å². The van der Waals surface area contributed by atoms with Crippen molar-refractivity contribution in [2.75, 3.05) is 0 Å². The molecule has 0 aromatic heterocycles. The second kappa shape index (κ2) is 15.0. The third-order valence-corrected chi connectivity index (χ3v) is 5.48. The molecule has 1 radical (unpaired) electrons. The lowest BCUT2D eigenvalue weighted by atomic mass is 9.93. The van der Waals surface area contributed by atoms with Crippen molar-refractivity contribution in [3.63, 3.8) is 0 Å². The van der Waals surface area contributed by atoms with Crippen LogP contribution in [-0.2, 0) is 4.79 Å². The fourth-order valence-electron chi connectivity index (χ4n) is 3.84. The number of hydrogen-bond donors (Lipinski definition) is 0. The van der Waals surface area contributed by atoms with Crippen molar-refractivity contribution < 1.29 is 4.79 Å². The molecule has 1 aliphatic carbocycles. The molecule has 1 saturated carbocycles. The van der Waals surface area contributed by atoms with E-state index in [4.69, 9.17) is 5.73 Å². The van der Waals surface area contributed by atoms with Crippen molar-refractivity contribution in [2.45, 2.75) is 122 Å². The molecule has 0 aromatic rings. The molecule has 0 bridgehead atoms. The Morgan fingerprint density at radius 2 is 0.696 bits per heavy atom. The quantitative estimate of drug-likeness (QED) is 0.521. The van der Waals surface area contributed by atoms with Gasteiger partial charge in [-0.15, -0.1) is 0 Å². The molecule has 0 atom stereocenters. The van der Waals surface area contributed by atoms with E-state index in [2.05, 4.69) is 0 Å². The summed E-state index contributed by atoms with van der Waals surface area (Å²) in [7, 11) is 0. The average molecular weight is 323 g/mol. The monoisotopic (exact) mass is 322 g/mol. The zero-order valence-corrected chi connectivity index (χ0v) is 15.4. The molecule has 1 N–H and O–H groups in total. The molecule has 2 heteroatoms. The zero-order chi connectivity index (χ0) is 16.6. The highest BCUT2D eigenvalue weighted by Gasteiger charge is 2.14. The number of carbonyl (C=O) groups excluding carboxylic acids is 1. The number of nitrogens with one attached hydrogen (secondary N) is 1. The van der Waals surface area contributed by atoms with Gasteiger partial charge >= 0.3 is 0 Å². The van der Waals surface area contributed by atoms with Crippen LogP contribution in [0.5, 0.6) is 0 Å². The van der Waals surface area contributed by atoms with Crippen LogP contribution in [0.1, 0.15) is 122 Å². The lowest BCUT2D eigenvalue weighted by Crippen LogP contribution is -2.15. The summed E-state index contributed by atoms with van der Waals surface area (Å²) in [6, 6.07) is 0. The van der Waals surface area contributed by atoms with Crippen molar-refractivity contribution in [2.24, 2.45) is 5.92 Å². The molecule has 0 aromatic carbocycles. The minimum absolute atomic E-state index is 0.0283. The van der Waals surface area contributed by atoms with E-state index in [0.717, 1.165) is 25.7 Å². The van der Waals surface area contributed by atoms with Gasteiger partial charge in [0.2, 0.25) is 5.91 Å².